The van der Waals surface area contributed by atoms with Crippen LogP contribution >= 0.6 is 39.0 Å². The number of nitrogens with one attached hydrogen (secondary N) is 1. The minimum atomic E-state index is -0.510. The van der Waals surface area contributed by atoms with Gasteiger partial charge in [-0.1, -0.05) is 27.7 Å². The van der Waals surface area contributed by atoms with Gasteiger partial charge in [0.15, 0.2) is 4.34 Å². The smallest absolute Gasteiger partial charge is 0.237 e. The van der Waals surface area contributed by atoms with Crippen LogP contribution in [0.1, 0.15) is 17.5 Å². The zero-order valence-corrected chi connectivity index (χ0v) is 16.1. The standard InChI is InChI=1S/C15H15BrFN3O2S2/c1-7-12(6-13(18)21)24-15(19-7)23-8(2)14(22)20-11-4-3-9(16)5-10(11)17/h3-5,8H,6H2,1-2H3,(H2,18,21)(H,20,22). The summed E-state index contributed by atoms with van der Waals surface area (Å²) in [7, 11) is 0. The van der Waals surface area contributed by atoms with Gasteiger partial charge in [-0.15, -0.1) is 11.3 Å². The number of nitrogens with two attached hydrogens (primary N) is 1. The fourth-order valence-corrected chi connectivity index (χ4v) is 4.52. The number of halogens is 2. The maximum absolute atomic E-state index is 13.8. The lowest BCUT2D eigenvalue weighted by Gasteiger charge is -2.11. The molecule has 1 aromatic carbocycles. The highest BCUT2D eigenvalue weighted by molar-refractivity contribution is 9.10. The molecule has 0 aliphatic heterocycles. The Morgan fingerprint density at radius 2 is 2.21 bits per heavy atom. The van der Waals surface area contributed by atoms with E-state index in [0.717, 1.165) is 10.6 Å². The number of nitrogens with zero attached hydrogens (tertiary/aromatic N) is 1. The average molecular weight is 432 g/mol. The Bertz CT molecular complexity index is 782. The van der Waals surface area contributed by atoms with E-state index < -0.39 is 17.0 Å². The van der Waals surface area contributed by atoms with Crippen LogP contribution in [0, 0.1) is 12.7 Å². The molecule has 0 aliphatic carbocycles. The zero-order valence-electron chi connectivity index (χ0n) is 12.9. The molecule has 1 aromatic heterocycles. The van der Waals surface area contributed by atoms with Gasteiger partial charge in [0.2, 0.25) is 11.8 Å². The predicted octanol–water partition coefficient (Wildman–Crippen LogP) is 3.50. The molecule has 0 aliphatic rings. The summed E-state index contributed by atoms with van der Waals surface area (Å²) >= 11 is 5.75. The predicted molar refractivity (Wildman–Crippen MR) is 97.8 cm³/mol. The van der Waals surface area contributed by atoms with E-state index in [-0.39, 0.29) is 18.0 Å². The van der Waals surface area contributed by atoms with E-state index in [1.165, 1.54) is 35.2 Å². The summed E-state index contributed by atoms with van der Waals surface area (Å²) in [5.74, 6) is -1.26. The van der Waals surface area contributed by atoms with E-state index >= 15 is 0 Å². The highest BCUT2D eigenvalue weighted by Crippen LogP contribution is 2.31. The first kappa shape index (κ1) is 18.9. The van der Waals surface area contributed by atoms with Gasteiger partial charge >= 0.3 is 0 Å². The monoisotopic (exact) mass is 431 g/mol. The van der Waals surface area contributed by atoms with Crippen molar-refractivity contribution in [2.75, 3.05) is 5.32 Å². The van der Waals surface area contributed by atoms with E-state index in [2.05, 4.69) is 26.2 Å². The lowest BCUT2D eigenvalue weighted by molar-refractivity contribution is -0.117. The van der Waals surface area contributed by atoms with Crippen LogP contribution < -0.4 is 11.1 Å². The first-order valence-corrected chi connectivity index (χ1v) is 9.42. The number of hydrogen-bond donors (Lipinski definition) is 2. The van der Waals surface area contributed by atoms with E-state index in [9.17, 15) is 14.0 Å². The normalized spacial score (nSPS) is 12.0. The van der Waals surface area contributed by atoms with Crippen molar-refractivity contribution in [2.24, 2.45) is 5.73 Å². The van der Waals surface area contributed by atoms with Crippen LogP contribution in [0.25, 0.3) is 0 Å². The van der Waals surface area contributed by atoms with Crippen molar-refractivity contribution in [2.45, 2.75) is 29.9 Å². The second-order valence-corrected chi connectivity index (χ2v) is 8.59. The van der Waals surface area contributed by atoms with Gasteiger partial charge in [-0.25, -0.2) is 9.37 Å². The maximum atomic E-state index is 13.8. The molecule has 1 atom stereocenters. The third kappa shape index (κ3) is 5.02. The fourth-order valence-electron chi connectivity index (χ4n) is 1.80. The number of primary amides is 1. The van der Waals surface area contributed by atoms with Crippen molar-refractivity contribution in [1.29, 1.82) is 0 Å². The number of amides is 2. The fraction of sp³-hybridized carbons (Fsp3) is 0.267. The van der Waals surface area contributed by atoms with Crippen molar-refractivity contribution < 1.29 is 14.0 Å². The van der Waals surface area contributed by atoms with Crippen LogP contribution in [0.5, 0.6) is 0 Å². The van der Waals surface area contributed by atoms with E-state index in [1.54, 1.807) is 19.9 Å². The molecule has 2 aromatic rings. The largest absolute Gasteiger partial charge is 0.369 e. The molecule has 2 amide bonds. The Labute approximate surface area is 155 Å². The number of anilines is 1. The molecule has 128 valence electrons. The molecular weight excluding hydrogens is 417 g/mol. The molecule has 3 N–H and O–H groups in total. The van der Waals surface area contributed by atoms with Crippen molar-refractivity contribution in [3.05, 3.63) is 39.1 Å². The molecule has 0 radical (unpaired) electrons. The lowest BCUT2D eigenvalue weighted by Crippen LogP contribution is -2.22. The topological polar surface area (TPSA) is 85.1 Å². The molecule has 0 saturated heterocycles. The SMILES string of the molecule is Cc1nc(SC(C)C(=O)Nc2ccc(Br)cc2F)sc1CC(N)=O. The first-order valence-electron chi connectivity index (χ1n) is 6.93. The highest BCUT2D eigenvalue weighted by atomic mass is 79.9. The second-order valence-electron chi connectivity index (χ2n) is 5.00. The number of carbonyl (C=O) groups is 2. The Morgan fingerprint density at radius 1 is 1.50 bits per heavy atom. The summed E-state index contributed by atoms with van der Waals surface area (Å²) in [4.78, 5) is 28.4. The Morgan fingerprint density at radius 3 is 2.83 bits per heavy atom. The average Bonchev–Trinajstić information content (AvgIpc) is 2.80. The van der Waals surface area contributed by atoms with Crippen LogP contribution in [0.4, 0.5) is 10.1 Å². The minimum Gasteiger partial charge on any atom is -0.369 e. The van der Waals surface area contributed by atoms with E-state index in [0.29, 0.717) is 8.81 Å². The van der Waals surface area contributed by atoms with Gasteiger partial charge in [0, 0.05) is 9.35 Å². The third-order valence-corrected chi connectivity index (χ3v) is 5.89. The number of rotatable bonds is 6. The molecular formula is C15H15BrFN3O2S2. The lowest BCUT2D eigenvalue weighted by atomic mass is 10.3. The van der Waals surface area contributed by atoms with E-state index in [1.807, 2.05) is 0 Å². The summed E-state index contributed by atoms with van der Waals surface area (Å²) in [6.45, 7) is 3.50. The molecule has 0 saturated carbocycles. The Kier molecular flexibility index (Phi) is 6.36. The van der Waals surface area contributed by atoms with Gasteiger partial charge in [-0.2, -0.15) is 0 Å². The molecule has 1 unspecified atom stereocenters. The molecule has 2 rings (SSSR count). The Balaban J connectivity index is 2.02. The molecule has 9 heteroatoms. The number of hydrogen-bond acceptors (Lipinski definition) is 5. The van der Waals surface area contributed by atoms with Crippen molar-refractivity contribution >= 4 is 56.5 Å². The molecule has 5 nitrogen and oxygen atoms in total. The molecule has 0 fully saturated rings. The number of carbonyl (C=O) groups excluding carboxylic acids is 2. The molecule has 0 spiro atoms. The van der Waals surface area contributed by atoms with E-state index in [4.69, 9.17) is 5.73 Å². The van der Waals surface area contributed by atoms with Crippen molar-refractivity contribution in [3.63, 3.8) is 0 Å². The summed E-state index contributed by atoms with van der Waals surface area (Å²) in [5.41, 5.74) is 6.05. The van der Waals surface area contributed by atoms with Crippen LogP contribution in [-0.4, -0.2) is 22.0 Å². The van der Waals surface area contributed by atoms with Crippen molar-refractivity contribution in [3.8, 4) is 0 Å². The van der Waals surface area contributed by atoms with Crippen LogP contribution in [-0.2, 0) is 16.0 Å². The summed E-state index contributed by atoms with van der Waals surface area (Å²) in [6.07, 6.45) is 0.134. The number of thiazole rings is 1. The summed E-state index contributed by atoms with van der Waals surface area (Å²) in [6, 6.07) is 4.43. The van der Waals surface area contributed by atoms with Crippen LogP contribution in [0.2, 0.25) is 0 Å². The number of thioether (sulfide) groups is 1. The van der Waals surface area contributed by atoms with Gasteiger partial charge in [0.1, 0.15) is 5.82 Å². The Hall–Kier alpha value is -1.45. The van der Waals surface area contributed by atoms with Crippen molar-refractivity contribution in [1.82, 2.24) is 4.98 Å². The number of benzene rings is 1. The van der Waals surface area contributed by atoms with Gasteiger partial charge in [0.25, 0.3) is 0 Å². The maximum Gasteiger partial charge on any atom is 0.237 e. The third-order valence-electron chi connectivity index (χ3n) is 3.04. The highest BCUT2D eigenvalue weighted by Gasteiger charge is 2.19. The van der Waals surface area contributed by atoms with Gasteiger partial charge in [0.05, 0.1) is 23.1 Å². The summed E-state index contributed by atoms with van der Waals surface area (Å²) < 4.78 is 15.0. The molecule has 24 heavy (non-hydrogen) atoms. The zero-order chi connectivity index (χ0) is 17.9. The summed E-state index contributed by atoms with van der Waals surface area (Å²) in [5, 5.41) is 2.09. The molecule has 0 bridgehead atoms. The number of aryl methyl sites for hydroxylation is 1. The van der Waals surface area contributed by atoms with Crippen LogP contribution in [0.15, 0.2) is 27.0 Å². The van der Waals surface area contributed by atoms with Crippen LogP contribution in [0.3, 0.4) is 0 Å². The van der Waals surface area contributed by atoms with Gasteiger partial charge in [-0.05, 0) is 32.0 Å². The van der Waals surface area contributed by atoms with Gasteiger partial charge < -0.3 is 11.1 Å². The van der Waals surface area contributed by atoms with Gasteiger partial charge in [-0.3, -0.25) is 9.59 Å². The first-order chi connectivity index (χ1) is 11.3. The second kappa shape index (κ2) is 8.09. The molecule has 1 heterocycles. The number of aromatic nitrogens is 1. The quantitative estimate of drug-likeness (QED) is 0.685. The minimum absolute atomic E-state index is 0.125.